The molecule has 0 aliphatic carbocycles. The third kappa shape index (κ3) is 5.52. The van der Waals surface area contributed by atoms with Gasteiger partial charge in [-0.2, -0.15) is 0 Å². The van der Waals surface area contributed by atoms with Crippen molar-refractivity contribution in [3.8, 4) is 0 Å². The van der Waals surface area contributed by atoms with E-state index in [1.54, 1.807) is 55.5 Å². The molecule has 31 heavy (non-hydrogen) atoms. The summed E-state index contributed by atoms with van der Waals surface area (Å²) in [7, 11) is 0. The molecule has 0 aromatic heterocycles. The van der Waals surface area contributed by atoms with E-state index in [0.29, 0.717) is 21.4 Å². The van der Waals surface area contributed by atoms with Crippen molar-refractivity contribution < 1.29 is 19.1 Å². The number of carbonyl (C=O) groups is 3. The van der Waals surface area contributed by atoms with Gasteiger partial charge in [0.1, 0.15) is 12.6 Å². The van der Waals surface area contributed by atoms with Crippen molar-refractivity contribution in [2.24, 2.45) is 0 Å². The predicted molar refractivity (Wildman–Crippen MR) is 123 cm³/mol. The Labute approximate surface area is 194 Å². The number of hydrogen-bond acceptors (Lipinski definition) is 5. The van der Waals surface area contributed by atoms with Gasteiger partial charge in [0.05, 0.1) is 18.7 Å². The van der Waals surface area contributed by atoms with Gasteiger partial charge in [-0.05, 0) is 67.7 Å². The lowest BCUT2D eigenvalue weighted by Crippen LogP contribution is -2.41. The number of amides is 2. The average molecular weight is 480 g/mol. The van der Waals surface area contributed by atoms with E-state index in [9.17, 15) is 14.4 Å². The van der Waals surface area contributed by atoms with E-state index in [0.717, 1.165) is 0 Å². The van der Waals surface area contributed by atoms with Crippen LogP contribution < -0.4 is 10.2 Å². The molecule has 1 unspecified atom stereocenters. The van der Waals surface area contributed by atoms with Crippen molar-refractivity contribution in [2.45, 2.75) is 19.4 Å². The highest BCUT2D eigenvalue weighted by molar-refractivity contribution is 7.80. The highest BCUT2D eigenvalue weighted by Crippen LogP contribution is 2.28. The molecule has 2 aromatic carbocycles. The molecule has 0 saturated carbocycles. The molecule has 1 N–H and O–H groups in total. The summed E-state index contributed by atoms with van der Waals surface area (Å²) in [6, 6.07) is 12.2. The van der Waals surface area contributed by atoms with Crippen molar-refractivity contribution in [1.29, 1.82) is 0 Å². The SMILES string of the molecule is CCOC(=O)CN1C(=S)N(c2ccc(Cl)cc2)C(=O)C1CC(=O)Nc1ccc(Cl)cc1. The number of halogens is 2. The minimum Gasteiger partial charge on any atom is -0.465 e. The lowest BCUT2D eigenvalue weighted by Gasteiger charge is -2.22. The fourth-order valence-electron chi connectivity index (χ4n) is 3.11. The lowest BCUT2D eigenvalue weighted by molar-refractivity contribution is -0.144. The third-order valence-electron chi connectivity index (χ3n) is 4.51. The standard InChI is InChI=1S/C21H19Cl2N3O4S/c1-2-30-19(28)12-25-17(11-18(27)24-15-7-3-13(22)4-8-15)20(29)26(21(25)31)16-9-5-14(23)6-10-16/h3-10,17H,2,11-12H2,1H3,(H,24,27). The van der Waals surface area contributed by atoms with Crippen molar-refractivity contribution in [2.75, 3.05) is 23.4 Å². The zero-order chi connectivity index (χ0) is 22.5. The summed E-state index contributed by atoms with van der Waals surface area (Å²) in [5, 5.41) is 3.88. The molecule has 2 amide bonds. The summed E-state index contributed by atoms with van der Waals surface area (Å²) in [6.45, 7) is 1.62. The lowest BCUT2D eigenvalue weighted by atomic mass is 10.1. The van der Waals surface area contributed by atoms with E-state index in [-0.39, 0.29) is 24.7 Å². The molecule has 10 heteroatoms. The third-order valence-corrected chi connectivity index (χ3v) is 5.44. The predicted octanol–water partition coefficient (Wildman–Crippen LogP) is 3.89. The molecule has 1 aliphatic rings. The van der Waals surface area contributed by atoms with Crippen LogP contribution >= 0.6 is 35.4 Å². The fraction of sp³-hybridized carbons (Fsp3) is 0.238. The Kier molecular flexibility index (Phi) is 7.48. The number of anilines is 2. The van der Waals surface area contributed by atoms with Crippen LogP contribution in [-0.4, -0.2) is 47.0 Å². The smallest absolute Gasteiger partial charge is 0.325 e. The van der Waals surface area contributed by atoms with Crippen molar-refractivity contribution >= 4 is 69.7 Å². The first kappa shape index (κ1) is 23.0. The Morgan fingerprint density at radius 1 is 1.06 bits per heavy atom. The molecular formula is C21H19Cl2N3O4S. The zero-order valence-corrected chi connectivity index (χ0v) is 18.8. The number of hydrogen-bond donors (Lipinski definition) is 1. The second-order valence-corrected chi connectivity index (χ2v) is 7.88. The first-order chi connectivity index (χ1) is 14.8. The fourth-order valence-corrected chi connectivity index (χ4v) is 3.75. The van der Waals surface area contributed by atoms with E-state index in [1.165, 1.54) is 9.80 Å². The summed E-state index contributed by atoms with van der Waals surface area (Å²) < 4.78 is 5.00. The topological polar surface area (TPSA) is 79.0 Å². The molecule has 162 valence electrons. The second-order valence-electron chi connectivity index (χ2n) is 6.64. The summed E-state index contributed by atoms with van der Waals surface area (Å²) in [5.74, 6) is -1.36. The number of rotatable bonds is 7. The molecule has 0 bridgehead atoms. The molecule has 2 aromatic rings. The van der Waals surface area contributed by atoms with Crippen LogP contribution in [-0.2, 0) is 19.1 Å². The molecule has 0 spiro atoms. The highest BCUT2D eigenvalue weighted by atomic mass is 35.5. The van der Waals surface area contributed by atoms with Gasteiger partial charge >= 0.3 is 5.97 Å². The van der Waals surface area contributed by atoms with Crippen molar-refractivity contribution in [3.63, 3.8) is 0 Å². The van der Waals surface area contributed by atoms with Gasteiger partial charge in [0.25, 0.3) is 5.91 Å². The van der Waals surface area contributed by atoms with Gasteiger partial charge in [-0.15, -0.1) is 0 Å². The number of nitrogens with one attached hydrogen (secondary N) is 1. The van der Waals surface area contributed by atoms with Gasteiger partial charge < -0.3 is 15.0 Å². The van der Waals surface area contributed by atoms with Crippen LogP contribution in [0.25, 0.3) is 0 Å². The van der Waals surface area contributed by atoms with Crippen LogP contribution in [0.1, 0.15) is 13.3 Å². The molecule has 0 radical (unpaired) electrons. The van der Waals surface area contributed by atoms with Crippen LogP contribution in [0.3, 0.4) is 0 Å². The van der Waals surface area contributed by atoms with Crippen LogP contribution in [0.4, 0.5) is 11.4 Å². The Balaban J connectivity index is 1.82. The quantitative estimate of drug-likeness (QED) is 0.479. The number of esters is 1. The van der Waals surface area contributed by atoms with Crippen LogP contribution in [0.5, 0.6) is 0 Å². The van der Waals surface area contributed by atoms with Gasteiger partial charge in [0.15, 0.2) is 5.11 Å². The van der Waals surface area contributed by atoms with Gasteiger partial charge in [0, 0.05) is 15.7 Å². The minimum absolute atomic E-state index is 0.115. The number of benzene rings is 2. The zero-order valence-electron chi connectivity index (χ0n) is 16.5. The first-order valence-electron chi connectivity index (χ1n) is 9.41. The van der Waals surface area contributed by atoms with Crippen molar-refractivity contribution in [3.05, 3.63) is 58.6 Å². The maximum absolute atomic E-state index is 13.2. The number of nitrogens with zero attached hydrogens (tertiary/aromatic N) is 2. The molecule has 1 atom stereocenters. The second kappa shape index (κ2) is 10.1. The Morgan fingerprint density at radius 3 is 2.23 bits per heavy atom. The number of carbonyl (C=O) groups excluding carboxylic acids is 3. The monoisotopic (exact) mass is 479 g/mol. The van der Waals surface area contributed by atoms with Crippen LogP contribution in [0.15, 0.2) is 48.5 Å². The van der Waals surface area contributed by atoms with E-state index >= 15 is 0 Å². The van der Waals surface area contributed by atoms with E-state index in [1.807, 2.05) is 0 Å². The van der Waals surface area contributed by atoms with E-state index < -0.39 is 23.8 Å². The molecular weight excluding hydrogens is 461 g/mol. The van der Waals surface area contributed by atoms with Crippen molar-refractivity contribution in [1.82, 2.24) is 4.90 Å². The number of thiocarbonyl (C=S) groups is 1. The molecule has 1 saturated heterocycles. The Bertz CT molecular complexity index is 999. The summed E-state index contributed by atoms with van der Waals surface area (Å²) in [6.07, 6.45) is -0.203. The highest BCUT2D eigenvalue weighted by Gasteiger charge is 2.45. The summed E-state index contributed by atoms with van der Waals surface area (Å²) in [4.78, 5) is 40.6. The van der Waals surface area contributed by atoms with E-state index in [4.69, 9.17) is 40.2 Å². The summed E-state index contributed by atoms with van der Waals surface area (Å²) in [5.41, 5.74) is 1.03. The van der Waals surface area contributed by atoms with Gasteiger partial charge in [-0.25, -0.2) is 0 Å². The van der Waals surface area contributed by atoms with Crippen LogP contribution in [0.2, 0.25) is 10.0 Å². The molecule has 3 rings (SSSR count). The molecule has 1 heterocycles. The van der Waals surface area contributed by atoms with Crippen LogP contribution in [0, 0.1) is 0 Å². The maximum Gasteiger partial charge on any atom is 0.325 e. The molecule has 1 fully saturated rings. The maximum atomic E-state index is 13.2. The largest absolute Gasteiger partial charge is 0.465 e. The normalized spacial score (nSPS) is 15.9. The molecule has 1 aliphatic heterocycles. The van der Waals surface area contributed by atoms with Gasteiger partial charge in [-0.1, -0.05) is 23.2 Å². The average Bonchev–Trinajstić information content (AvgIpc) is 2.95. The van der Waals surface area contributed by atoms with Gasteiger partial charge in [0.2, 0.25) is 5.91 Å². The summed E-state index contributed by atoms with van der Waals surface area (Å²) >= 11 is 17.3. The van der Waals surface area contributed by atoms with Gasteiger partial charge in [-0.3, -0.25) is 19.3 Å². The number of ether oxygens (including phenoxy) is 1. The molecule has 7 nitrogen and oxygen atoms in total. The first-order valence-corrected chi connectivity index (χ1v) is 10.6. The Morgan fingerprint density at radius 2 is 1.65 bits per heavy atom. The minimum atomic E-state index is -0.958. The van der Waals surface area contributed by atoms with E-state index in [2.05, 4.69) is 5.32 Å². The Hall–Kier alpha value is -2.68.